The fraction of sp³-hybridized carbons (Fsp3) is 0.435. The average molecular weight is 496 g/mol. The fourth-order valence-electron chi connectivity index (χ4n) is 4.18. The van der Waals surface area contributed by atoms with Gasteiger partial charge < -0.3 is 5.32 Å². The smallest absolute Gasteiger partial charge is 0.246 e. The molecular formula is C23H27F2N3O3S2. The Bertz CT molecular complexity index is 1100. The SMILES string of the molecule is O=C(Nc1cccc(CN2CCSCC2)c1)C1CCN(S(=O)(=O)c2cc(F)ccc2F)CC1. The van der Waals surface area contributed by atoms with Crippen molar-refractivity contribution < 1.29 is 22.0 Å². The first-order valence-corrected chi connectivity index (χ1v) is 13.6. The lowest BCUT2D eigenvalue weighted by Crippen LogP contribution is -2.41. The Hall–Kier alpha value is -2.01. The summed E-state index contributed by atoms with van der Waals surface area (Å²) in [4.78, 5) is 14.5. The number of carbonyl (C=O) groups is 1. The number of benzene rings is 2. The summed E-state index contributed by atoms with van der Waals surface area (Å²) in [5, 5.41) is 2.95. The van der Waals surface area contributed by atoms with Crippen LogP contribution in [0.25, 0.3) is 0 Å². The van der Waals surface area contributed by atoms with E-state index in [0.717, 1.165) is 58.8 Å². The number of hydrogen-bond acceptors (Lipinski definition) is 5. The molecule has 2 aromatic rings. The van der Waals surface area contributed by atoms with Gasteiger partial charge in [-0.2, -0.15) is 16.1 Å². The summed E-state index contributed by atoms with van der Waals surface area (Å²) in [6.07, 6.45) is 0.625. The Morgan fingerprint density at radius 3 is 2.48 bits per heavy atom. The predicted octanol–water partition coefficient (Wildman–Crippen LogP) is 3.55. The Morgan fingerprint density at radius 1 is 1.03 bits per heavy atom. The molecule has 33 heavy (non-hydrogen) atoms. The molecule has 6 nitrogen and oxygen atoms in total. The zero-order chi connectivity index (χ0) is 23.4. The second-order valence-corrected chi connectivity index (χ2v) is 11.5. The molecule has 0 saturated carbocycles. The lowest BCUT2D eigenvalue weighted by molar-refractivity contribution is -0.120. The molecular weight excluding hydrogens is 468 g/mol. The Kier molecular flexibility index (Phi) is 7.68. The third-order valence-corrected chi connectivity index (χ3v) is 8.90. The zero-order valence-electron chi connectivity index (χ0n) is 18.2. The standard InChI is InChI=1S/C23H27F2N3O3S2/c24-19-4-5-21(25)22(15-19)33(30,31)28-8-6-18(7-9-28)23(29)26-20-3-1-2-17(14-20)16-27-10-12-32-13-11-27/h1-5,14-15,18H,6-13,16H2,(H,26,29). The molecule has 4 rings (SSSR count). The van der Waals surface area contributed by atoms with Crippen LogP contribution < -0.4 is 5.32 Å². The van der Waals surface area contributed by atoms with E-state index in [9.17, 15) is 22.0 Å². The maximum atomic E-state index is 14.0. The molecule has 2 fully saturated rings. The van der Waals surface area contributed by atoms with Crippen LogP contribution in [-0.4, -0.2) is 61.2 Å². The molecule has 2 heterocycles. The summed E-state index contributed by atoms with van der Waals surface area (Å²) in [7, 11) is -4.16. The van der Waals surface area contributed by atoms with Crippen molar-refractivity contribution >= 4 is 33.4 Å². The number of piperidine rings is 1. The highest BCUT2D eigenvalue weighted by Gasteiger charge is 2.33. The maximum absolute atomic E-state index is 14.0. The highest BCUT2D eigenvalue weighted by atomic mass is 32.2. The lowest BCUT2D eigenvalue weighted by atomic mass is 9.97. The largest absolute Gasteiger partial charge is 0.326 e. The van der Waals surface area contributed by atoms with E-state index < -0.39 is 26.6 Å². The fourth-order valence-corrected chi connectivity index (χ4v) is 6.71. The lowest BCUT2D eigenvalue weighted by Gasteiger charge is -2.30. The number of halogens is 2. The summed E-state index contributed by atoms with van der Waals surface area (Å²) < 4.78 is 54.1. The van der Waals surface area contributed by atoms with E-state index in [0.29, 0.717) is 18.9 Å². The highest BCUT2D eigenvalue weighted by molar-refractivity contribution is 7.99. The van der Waals surface area contributed by atoms with Gasteiger partial charge in [-0.05, 0) is 48.7 Å². The van der Waals surface area contributed by atoms with Crippen LogP contribution in [0, 0.1) is 17.6 Å². The molecule has 0 radical (unpaired) electrons. The third-order valence-electron chi connectivity index (χ3n) is 6.04. The Balaban J connectivity index is 1.34. The summed E-state index contributed by atoms with van der Waals surface area (Å²) in [6, 6.07) is 10.2. The molecule has 10 heteroatoms. The first-order valence-electron chi connectivity index (χ1n) is 11.0. The minimum atomic E-state index is -4.16. The predicted molar refractivity (Wildman–Crippen MR) is 126 cm³/mol. The molecule has 2 saturated heterocycles. The van der Waals surface area contributed by atoms with Gasteiger partial charge in [0.1, 0.15) is 16.5 Å². The quantitative estimate of drug-likeness (QED) is 0.664. The molecule has 0 atom stereocenters. The van der Waals surface area contributed by atoms with Crippen LogP contribution in [0.15, 0.2) is 47.4 Å². The van der Waals surface area contributed by atoms with Gasteiger partial charge in [0.15, 0.2) is 0 Å². The summed E-state index contributed by atoms with van der Waals surface area (Å²) in [5.74, 6) is -0.0369. The van der Waals surface area contributed by atoms with Crippen LogP contribution in [0.5, 0.6) is 0 Å². The van der Waals surface area contributed by atoms with Crippen molar-refractivity contribution in [3.8, 4) is 0 Å². The van der Waals surface area contributed by atoms with E-state index in [4.69, 9.17) is 0 Å². The van der Waals surface area contributed by atoms with E-state index in [2.05, 4.69) is 10.2 Å². The Morgan fingerprint density at radius 2 is 1.76 bits per heavy atom. The molecule has 0 aliphatic carbocycles. The minimum absolute atomic E-state index is 0.0728. The topological polar surface area (TPSA) is 69.7 Å². The number of thioether (sulfide) groups is 1. The molecule has 2 aromatic carbocycles. The number of carbonyl (C=O) groups excluding carboxylic acids is 1. The summed E-state index contributed by atoms with van der Waals surface area (Å²) in [5.41, 5.74) is 1.86. The third kappa shape index (κ3) is 5.92. The van der Waals surface area contributed by atoms with Crippen molar-refractivity contribution in [3.63, 3.8) is 0 Å². The number of anilines is 1. The van der Waals surface area contributed by atoms with Crippen LogP contribution in [0.2, 0.25) is 0 Å². The van der Waals surface area contributed by atoms with Crippen LogP contribution in [0.1, 0.15) is 18.4 Å². The molecule has 0 unspecified atom stereocenters. The summed E-state index contributed by atoms with van der Waals surface area (Å²) in [6.45, 7) is 3.11. The van der Waals surface area contributed by atoms with E-state index in [1.165, 1.54) is 0 Å². The molecule has 1 N–H and O–H groups in total. The number of rotatable bonds is 6. The number of nitrogens with zero attached hydrogens (tertiary/aromatic N) is 2. The van der Waals surface area contributed by atoms with Gasteiger partial charge >= 0.3 is 0 Å². The minimum Gasteiger partial charge on any atom is -0.326 e. The van der Waals surface area contributed by atoms with Crippen LogP contribution >= 0.6 is 11.8 Å². The summed E-state index contributed by atoms with van der Waals surface area (Å²) >= 11 is 1.96. The average Bonchev–Trinajstić information content (AvgIpc) is 2.81. The number of nitrogens with one attached hydrogen (secondary N) is 1. The maximum Gasteiger partial charge on any atom is 0.246 e. The van der Waals surface area contributed by atoms with Crippen molar-refractivity contribution in [1.82, 2.24) is 9.21 Å². The van der Waals surface area contributed by atoms with E-state index in [1.54, 1.807) is 0 Å². The van der Waals surface area contributed by atoms with Gasteiger partial charge in [-0.15, -0.1) is 0 Å². The van der Waals surface area contributed by atoms with Gasteiger partial charge in [-0.25, -0.2) is 17.2 Å². The highest BCUT2D eigenvalue weighted by Crippen LogP contribution is 2.27. The van der Waals surface area contributed by atoms with Crippen molar-refractivity contribution in [1.29, 1.82) is 0 Å². The first-order chi connectivity index (χ1) is 15.8. The second kappa shape index (κ2) is 10.5. The number of hydrogen-bond donors (Lipinski definition) is 1. The molecule has 1 amide bonds. The zero-order valence-corrected chi connectivity index (χ0v) is 19.8. The van der Waals surface area contributed by atoms with Gasteiger partial charge in [0.2, 0.25) is 15.9 Å². The van der Waals surface area contributed by atoms with Gasteiger partial charge in [-0.1, -0.05) is 12.1 Å². The first kappa shape index (κ1) is 24.1. The Labute approximate surface area is 197 Å². The van der Waals surface area contributed by atoms with E-state index in [1.807, 2.05) is 36.0 Å². The molecule has 2 aliphatic rings. The van der Waals surface area contributed by atoms with Crippen molar-refractivity contribution in [2.75, 3.05) is 43.0 Å². The van der Waals surface area contributed by atoms with E-state index in [-0.39, 0.29) is 24.9 Å². The molecule has 0 bridgehead atoms. The number of amides is 1. The normalized spacial score (nSPS) is 18.8. The van der Waals surface area contributed by atoms with Crippen molar-refractivity contribution in [2.24, 2.45) is 5.92 Å². The molecule has 178 valence electrons. The van der Waals surface area contributed by atoms with Gasteiger partial charge in [0.25, 0.3) is 0 Å². The van der Waals surface area contributed by atoms with Gasteiger partial charge in [-0.3, -0.25) is 9.69 Å². The van der Waals surface area contributed by atoms with E-state index >= 15 is 0 Å². The number of sulfonamides is 1. The second-order valence-electron chi connectivity index (χ2n) is 8.33. The van der Waals surface area contributed by atoms with Crippen LogP contribution in [0.4, 0.5) is 14.5 Å². The van der Waals surface area contributed by atoms with Crippen LogP contribution in [-0.2, 0) is 21.4 Å². The monoisotopic (exact) mass is 495 g/mol. The van der Waals surface area contributed by atoms with Crippen molar-refractivity contribution in [3.05, 3.63) is 59.7 Å². The van der Waals surface area contributed by atoms with Crippen molar-refractivity contribution in [2.45, 2.75) is 24.3 Å². The molecule has 0 spiro atoms. The van der Waals surface area contributed by atoms with Gasteiger partial charge in [0, 0.05) is 55.8 Å². The molecule has 2 aliphatic heterocycles. The molecule has 0 aromatic heterocycles. The van der Waals surface area contributed by atoms with Crippen LogP contribution in [0.3, 0.4) is 0 Å². The van der Waals surface area contributed by atoms with Gasteiger partial charge in [0.05, 0.1) is 0 Å².